The van der Waals surface area contributed by atoms with E-state index in [9.17, 15) is 9.59 Å². The van der Waals surface area contributed by atoms with Gasteiger partial charge in [-0.05, 0) is 6.42 Å². The molecule has 1 amide bonds. The lowest BCUT2D eigenvalue weighted by atomic mass is 10.1. The summed E-state index contributed by atoms with van der Waals surface area (Å²) in [6, 6.07) is -1.76. The average Bonchev–Trinajstić information content (AvgIpc) is 2.15. The van der Waals surface area contributed by atoms with E-state index in [-0.39, 0.29) is 13.0 Å². The summed E-state index contributed by atoms with van der Waals surface area (Å²) < 4.78 is 0. The second-order valence-electron chi connectivity index (χ2n) is 2.93. The van der Waals surface area contributed by atoms with Gasteiger partial charge in [0.1, 0.15) is 6.04 Å². The molecule has 0 aliphatic rings. The summed E-state index contributed by atoms with van der Waals surface area (Å²) in [6.45, 7) is 1.44. The molecular formula is C8H16N2O4. The first-order valence-electron chi connectivity index (χ1n) is 4.42. The number of hydrogen-bond acceptors (Lipinski definition) is 4. The Morgan fingerprint density at radius 1 is 1.50 bits per heavy atom. The molecule has 82 valence electrons. The van der Waals surface area contributed by atoms with Gasteiger partial charge in [-0.1, -0.05) is 6.92 Å². The van der Waals surface area contributed by atoms with Gasteiger partial charge in [0.05, 0.1) is 6.04 Å². The van der Waals surface area contributed by atoms with Gasteiger partial charge in [-0.15, -0.1) is 0 Å². The zero-order valence-corrected chi connectivity index (χ0v) is 8.06. The Labute approximate surface area is 82.1 Å². The van der Waals surface area contributed by atoms with Crippen molar-refractivity contribution in [2.45, 2.75) is 31.8 Å². The quantitative estimate of drug-likeness (QED) is 0.428. The summed E-state index contributed by atoms with van der Waals surface area (Å²) in [6.07, 6.45) is 0.425. The minimum Gasteiger partial charge on any atom is -0.480 e. The third-order valence-electron chi connectivity index (χ3n) is 1.81. The molecule has 0 fully saturated rings. The predicted molar refractivity (Wildman–Crippen MR) is 49.5 cm³/mol. The lowest BCUT2D eigenvalue weighted by molar-refractivity contribution is -0.142. The molecule has 2 atom stereocenters. The fourth-order valence-corrected chi connectivity index (χ4v) is 0.851. The molecule has 0 aromatic rings. The first-order chi connectivity index (χ1) is 6.52. The van der Waals surface area contributed by atoms with E-state index in [0.29, 0.717) is 6.42 Å². The van der Waals surface area contributed by atoms with E-state index < -0.39 is 24.0 Å². The van der Waals surface area contributed by atoms with Crippen LogP contribution in [0.15, 0.2) is 0 Å². The van der Waals surface area contributed by atoms with Crippen LogP contribution in [0.4, 0.5) is 0 Å². The van der Waals surface area contributed by atoms with E-state index in [1.165, 1.54) is 0 Å². The van der Waals surface area contributed by atoms with Crippen molar-refractivity contribution in [2.24, 2.45) is 5.73 Å². The average molecular weight is 204 g/mol. The monoisotopic (exact) mass is 204 g/mol. The number of nitrogens with one attached hydrogen (secondary N) is 1. The van der Waals surface area contributed by atoms with Crippen molar-refractivity contribution in [2.75, 3.05) is 6.61 Å². The smallest absolute Gasteiger partial charge is 0.326 e. The van der Waals surface area contributed by atoms with Crippen LogP contribution in [0.5, 0.6) is 0 Å². The van der Waals surface area contributed by atoms with Crippen molar-refractivity contribution < 1.29 is 19.8 Å². The predicted octanol–water partition coefficient (Wildman–Crippen LogP) is -1.32. The molecule has 0 saturated heterocycles. The molecule has 0 radical (unpaired) electrons. The standard InChI is InChI=1S/C8H16N2O4/c1-2-5(9)7(12)10-6(3-4-11)8(13)14/h5-6,11H,2-4,9H2,1H3,(H,10,12)(H,13,14). The molecule has 6 heteroatoms. The zero-order valence-electron chi connectivity index (χ0n) is 8.06. The number of carbonyl (C=O) groups is 2. The number of aliphatic hydroxyl groups is 1. The first-order valence-corrected chi connectivity index (χ1v) is 4.42. The van der Waals surface area contributed by atoms with Crippen molar-refractivity contribution in [3.8, 4) is 0 Å². The Balaban J connectivity index is 4.15. The summed E-state index contributed by atoms with van der Waals surface area (Å²) in [4.78, 5) is 21.8. The molecule has 0 aromatic carbocycles. The second-order valence-corrected chi connectivity index (χ2v) is 2.93. The fourth-order valence-electron chi connectivity index (χ4n) is 0.851. The molecular weight excluding hydrogens is 188 g/mol. The molecule has 2 unspecified atom stereocenters. The minimum atomic E-state index is -1.17. The third-order valence-corrected chi connectivity index (χ3v) is 1.81. The SMILES string of the molecule is CCC(N)C(=O)NC(CCO)C(=O)O. The van der Waals surface area contributed by atoms with Gasteiger partial charge in [0.2, 0.25) is 5.91 Å². The molecule has 5 N–H and O–H groups in total. The highest BCUT2D eigenvalue weighted by Gasteiger charge is 2.21. The van der Waals surface area contributed by atoms with Crippen LogP contribution in [0.1, 0.15) is 19.8 Å². The molecule has 0 heterocycles. The number of carboxylic acid groups (broad SMARTS) is 1. The van der Waals surface area contributed by atoms with Crippen LogP contribution < -0.4 is 11.1 Å². The lowest BCUT2D eigenvalue weighted by Gasteiger charge is -2.15. The lowest BCUT2D eigenvalue weighted by Crippen LogP contribution is -2.48. The molecule has 6 nitrogen and oxygen atoms in total. The highest BCUT2D eigenvalue weighted by atomic mass is 16.4. The van der Waals surface area contributed by atoms with Crippen LogP contribution >= 0.6 is 0 Å². The maximum atomic E-state index is 11.2. The summed E-state index contributed by atoms with van der Waals surface area (Å²) in [7, 11) is 0. The van der Waals surface area contributed by atoms with E-state index in [4.69, 9.17) is 15.9 Å². The van der Waals surface area contributed by atoms with Crippen LogP contribution in [-0.4, -0.2) is 40.8 Å². The number of amides is 1. The second kappa shape index (κ2) is 6.33. The topological polar surface area (TPSA) is 113 Å². The molecule has 0 bridgehead atoms. The van der Waals surface area contributed by atoms with Gasteiger partial charge in [-0.3, -0.25) is 4.79 Å². The van der Waals surface area contributed by atoms with Crippen molar-refractivity contribution in [1.29, 1.82) is 0 Å². The van der Waals surface area contributed by atoms with E-state index >= 15 is 0 Å². The molecule has 0 aromatic heterocycles. The van der Waals surface area contributed by atoms with Crippen LogP contribution in [0, 0.1) is 0 Å². The Hall–Kier alpha value is -1.14. The maximum Gasteiger partial charge on any atom is 0.326 e. The molecule has 0 rings (SSSR count). The van der Waals surface area contributed by atoms with Gasteiger partial charge in [-0.2, -0.15) is 0 Å². The van der Waals surface area contributed by atoms with Crippen molar-refractivity contribution in [1.82, 2.24) is 5.32 Å². The Bertz CT molecular complexity index is 208. The van der Waals surface area contributed by atoms with Gasteiger partial charge in [0.15, 0.2) is 0 Å². The number of nitrogens with two attached hydrogens (primary N) is 1. The Morgan fingerprint density at radius 2 is 2.07 bits per heavy atom. The highest BCUT2D eigenvalue weighted by molar-refractivity contribution is 5.86. The fraction of sp³-hybridized carbons (Fsp3) is 0.750. The van der Waals surface area contributed by atoms with E-state index in [2.05, 4.69) is 5.32 Å². The Kier molecular flexibility index (Phi) is 5.82. The van der Waals surface area contributed by atoms with Crippen LogP contribution in [0.2, 0.25) is 0 Å². The summed E-state index contributed by atoms with van der Waals surface area (Å²) in [5.41, 5.74) is 5.39. The number of rotatable bonds is 6. The van der Waals surface area contributed by atoms with Crippen LogP contribution in [0.25, 0.3) is 0 Å². The molecule has 0 spiro atoms. The van der Waals surface area contributed by atoms with Gasteiger partial charge in [0.25, 0.3) is 0 Å². The molecule has 0 aliphatic carbocycles. The van der Waals surface area contributed by atoms with Gasteiger partial charge in [0, 0.05) is 13.0 Å². The van der Waals surface area contributed by atoms with E-state index in [1.54, 1.807) is 6.92 Å². The normalized spacial score (nSPS) is 14.5. The zero-order chi connectivity index (χ0) is 11.1. The summed E-state index contributed by atoms with van der Waals surface area (Å²) in [5, 5.41) is 19.4. The summed E-state index contributed by atoms with van der Waals surface area (Å²) >= 11 is 0. The highest BCUT2D eigenvalue weighted by Crippen LogP contribution is 1.94. The third kappa shape index (κ3) is 4.20. The number of carbonyl (C=O) groups excluding carboxylic acids is 1. The van der Waals surface area contributed by atoms with Gasteiger partial charge >= 0.3 is 5.97 Å². The number of aliphatic hydroxyl groups excluding tert-OH is 1. The van der Waals surface area contributed by atoms with Gasteiger partial charge < -0.3 is 21.3 Å². The maximum absolute atomic E-state index is 11.2. The first kappa shape index (κ1) is 12.9. The van der Waals surface area contributed by atoms with Crippen molar-refractivity contribution >= 4 is 11.9 Å². The number of aliphatic carboxylic acids is 1. The van der Waals surface area contributed by atoms with Crippen LogP contribution in [-0.2, 0) is 9.59 Å². The Morgan fingerprint density at radius 3 is 2.43 bits per heavy atom. The minimum absolute atomic E-state index is 0.0164. The van der Waals surface area contributed by atoms with Crippen molar-refractivity contribution in [3.05, 3.63) is 0 Å². The van der Waals surface area contributed by atoms with Gasteiger partial charge in [-0.25, -0.2) is 4.79 Å². The molecule has 0 aliphatic heterocycles. The number of hydrogen-bond donors (Lipinski definition) is 4. The summed E-state index contributed by atoms with van der Waals surface area (Å²) in [5.74, 6) is -1.68. The van der Waals surface area contributed by atoms with Crippen LogP contribution in [0.3, 0.4) is 0 Å². The molecule has 14 heavy (non-hydrogen) atoms. The van der Waals surface area contributed by atoms with E-state index in [0.717, 1.165) is 0 Å². The number of carboxylic acids is 1. The van der Waals surface area contributed by atoms with E-state index in [1.807, 2.05) is 0 Å². The van der Waals surface area contributed by atoms with Crippen molar-refractivity contribution in [3.63, 3.8) is 0 Å². The molecule has 0 saturated carbocycles. The largest absolute Gasteiger partial charge is 0.480 e.